The average Bonchev–Trinajstić information content (AvgIpc) is 3.19. The maximum atomic E-state index is 13.5. The summed E-state index contributed by atoms with van der Waals surface area (Å²) >= 11 is 0. The number of likely N-dealkylation sites (tertiary alicyclic amines) is 1. The van der Waals surface area contributed by atoms with Gasteiger partial charge >= 0.3 is 0 Å². The van der Waals surface area contributed by atoms with Gasteiger partial charge in [0.1, 0.15) is 11.5 Å². The molecule has 2 aliphatic heterocycles. The van der Waals surface area contributed by atoms with Crippen LogP contribution in [0.2, 0.25) is 0 Å². The summed E-state index contributed by atoms with van der Waals surface area (Å²) in [5, 5.41) is 11.5. The van der Waals surface area contributed by atoms with E-state index in [1.807, 2.05) is 31.2 Å². The van der Waals surface area contributed by atoms with Gasteiger partial charge in [-0.3, -0.25) is 14.5 Å². The molecule has 216 valence electrons. The standard InChI is InChI=1S/C33H44N2O5/c1-6-7-19-40-27-14-11-25(22-23(27)2)30(36)28-29(24-9-12-26(13-10-24)33(3,4)5)35(32(38)31(28)37)16-8-15-34-17-20-39-21-18-34/h9-14,22,29,36H,6-8,15-21H2,1-5H3/b30-28+/t29-/m0/s1. The molecule has 2 aromatic carbocycles. The number of morpholine rings is 1. The summed E-state index contributed by atoms with van der Waals surface area (Å²) in [4.78, 5) is 30.8. The van der Waals surface area contributed by atoms with E-state index in [0.717, 1.165) is 61.3 Å². The molecule has 4 rings (SSSR count). The number of benzene rings is 2. The van der Waals surface area contributed by atoms with Gasteiger partial charge in [0.25, 0.3) is 11.7 Å². The summed E-state index contributed by atoms with van der Waals surface area (Å²) in [5.41, 5.74) is 3.45. The Kier molecular flexibility index (Phi) is 9.69. The molecule has 1 amide bonds. The minimum absolute atomic E-state index is 0.0308. The summed E-state index contributed by atoms with van der Waals surface area (Å²) < 4.78 is 11.3. The molecule has 0 aliphatic carbocycles. The van der Waals surface area contributed by atoms with Crippen LogP contribution in [0.3, 0.4) is 0 Å². The lowest BCUT2D eigenvalue weighted by atomic mass is 9.85. The van der Waals surface area contributed by atoms with Crippen LogP contribution in [0.25, 0.3) is 5.76 Å². The first-order valence-corrected chi connectivity index (χ1v) is 14.5. The van der Waals surface area contributed by atoms with Crippen molar-refractivity contribution in [2.24, 2.45) is 0 Å². The molecule has 40 heavy (non-hydrogen) atoms. The van der Waals surface area contributed by atoms with Gasteiger partial charge in [-0.15, -0.1) is 0 Å². The number of nitrogens with zero attached hydrogens (tertiary/aromatic N) is 2. The Morgan fingerprint density at radius 2 is 1.73 bits per heavy atom. The molecule has 2 aliphatic rings. The van der Waals surface area contributed by atoms with E-state index in [4.69, 9.17) is 9.47 Å². The molecule has 7 heteroatoms. The number of rotatable bonds is 10. The maximum absolute atomic E-state index is 13.5. The number of aliphatic hydroxyl groups is 1. The monoisotopic (exact) mass is 548 g/mol. The molecule has 0 radical (unpaired) electrons. The first-order valence-electron chi connectivity index (χ1n) is 14.5. The van der Waals surface area contributed by atoms with Crippen LogP contribution < -0.4 is 4.74 Å². The Balaban J connectivity index is 1.67. The summed E-state index contributed by atoms with van der Waals surface area (Å²) in [7, 11) is 0. The van der Waals surface area contributed by atoms with Gasteiger partial charge in [0.15, 0.2) is 0 Å². The number of amides is 1. The molecule has 1 atom stereocenters. The lowest BCUT2D eigenvalue weighted by Crippen LogP contribution is -2.39. The van der Waals surface area contributed by atoms with Crippen molar-refractivity contribution in [2.75, 3.05) is 46.0 Å². The first kappa shape index (κ1) is 29.8. The third-order valence-corrected chi connectivity index (χ3v) is 7.81. The second-order valence-corrected chi connectivity index (χ2v) is 11.9. The van der Waals surface area contributed by atoms with Gasteiger partial charge in [-0.2, -0.15) is 0 Å². The minimum atomic E-state index is -0.653. The number of hydrogen-bond donors (Lipinski definition) is 1. The maximum Gasteiger partial charge on any atom is 0.295 e. The normalized spacial score (nSPS) is 19.8. The number of aryl methyl sites for hydroxylation is 1. The zero-order valence-electron chi connectivity index (χ0n) is 24.7. The molecule has 2 heterocycles. The molecule has 1 N–H and O–H groups in total. The second kappa shape index (κ2) is 13.0. The third kappa shape index (κ3) is 6.76. The lowest BCUT2D eigenvalue weighted by molar-refractivity contribution is -0.140. The predicted molar refractivity (Wildman–Crippen MR) is 158 cm³/mol. The highest BCUT2D eigenvalue weighted by Crippen LogP contribution is 2.40. The van der Waals surface area contributed by atoms with Gasteiger partial charge in [-0.05, 0) is 60.1 Å². The van der Waals surface area contributed by atoms with E-state index < -0.39 is 17.7 Å². The summed E-state index contributed by atoms with van der Waals surface area (Å²) in [6.07, 6.45) is 2.73. The molecule has 0 bridgehead atoms. The highest BCUT2D eigenvalue weighted by molar-refractivity contribution is 6.46. The second-order valence-electron chi connectivity index (χ2n) is 11.9. The van der Waals surface area contributed by atoms with Crippen molar-refractivity contribution in [3.05, 3.63) is 70.3 Å². The molecule has 7 nitrogen and oxygen atoms in total. The van der Waals surface area contributed by atoms with E-state index in [-0.39, 0.29) is 16.7 Å². The number of aliphatic hydroxyl groups excluding tert-OH is 1. The molecular weight excluding hydrogens is 504 g/mol. The predicted octanol–water partition coefficient (Wildman–Crippen LogP) is 5.62. The van der Waals surface area contributed by atoms with Gasteiger partial charge in [0.05, 0.1) is 31.4 Å². The zero-order valence-corrected chi connectivity index (χ0v) is 24.7. The topological polar surface area (TPSA) is 79.3 Å². The smallest absolute Gasteiger partial charge is 0.295 e. The van der Waals surface area contributed by atoms with Crippen LogP contribution >= 0.6 is 0 Å². The van der Waals surface area contributed by atoms with E-state index in [1.165, 1.54) is 0 Å². The first-order chi connectivity index (χ1) is 19.1. The molecule has 2 fully saturated rings. The summed E-state index contributed by atoms with van der Waals surface area (Å²) in [5.74, 6) is -0.607. The Morgan fingerprint density at radius 1 is 1.02 bits per heavy atom. The fourth-order valence-electron chi connectivity index (χ4n) is 5.35. The van der Waals surface area contributed by atoms with Gasteiger partial charge < -0.3 is 19.5 Å². The number of Topliss-reactive ketones (excluding diaryl/α,β-unsaturated/α-hetero) is 1. The number of ether oxygens (including phenoxy) is 2. The molecular formula is C33H44N2O5. The van der Waals surface area contributed by atoms with Crippen molar-refractivity contribution in [3.63, 3.8) is 0 Å². The van der Waals surface area contributed by atoms with Gasteiger partial charge in [0, 0.05) is 31.7 Å². The summed E-state index contributed by atoms with van der Waals surface area (Å²) in [6, 6.07) is 12.8. The van der Waals surface area contributed by atoms with Crippen LogP contribution in [-0.4, -0.2) is 72.6 Å². The number of carbonyl (C=O) groups excluding carboxylic acids is 2. The SMILES string of the molecule is CCCCOc1ccc(/C(O)=C2\C(=O)C(=O)N(CCCN3CCOCC3)[C@H]2c2ccc(C(C)(C)C)cc2)cc1C. The van der Waals surface area contributed by atoms with Gasteiger partial charge in [0.2, 0.25) is 0 Å². The Morgan fingerprint density at radius 3 is 2.35 bits per heavy atom. The van der Waals surface area contributed by atoms with E-state index in [2.05, 4.69) is 44.7 Å². The van der Waals surface area contributed by atoms with Crippen LogP contribution in [0.5, 0.6) is 5.75 Å². The molecule has 2 saturated heterocycles. The highest BCUT2D eigenvalue weighted by atomic mass is 16.5. The van der Waals surface area contributed by atoms with Gasteiger partial charge in [-0.1, -0.05) is 58.4 Å². The minimum Gasteiger partial charge on any atom is -0.507 e. The lowest BCUT2D eigenvalue weighted by Gasteiger charge is -2.29. The molecule has 2 aromatic rings. The third-order valence-electron chi connectivity index (χ3n) is 7.81. The molecule has 0 aromatic heterocycles. The van der Waals surface area contributed by atoms with Crippen molar-refractivity contribution in [3.8, 4) is 5.75 Å². The van der Waals surface area contributed by atoms with Crippen molar-refractivity contribution >= 4 is 17.4 Å². The van der Waals surface area contributed by atoms with Crippen LogP contribution in [0.15, 0.2) is 48.0 Å². The van der Waals surface area contributed by atoms with Crippen molar-refractivity contribution in [1.82, 2.24) is 9.80 Å². The van der Waals surface area contributed by atoms with Crippen LogP contribution in [0.1, 0.15) is 75.3 Å². The fraction of sp³-hybridized carbons (Fsp3) is 0.515. The average molecular weight is 549 g/mol. The van der Waals surface area contributed by atoms with Crippen molar-refractivity contribution in [2.45, 2.75) is 65.3 Å². The number of carbonyl (C=O) groups is 2. The van der Waals surface area contributed by atoms with Crippen LogP contribution in [0, 0.1) is 6.92 Å². The van der Waals surface area contributed by atoms with Crippen molar-refractivity contribution in [1.29, 1.82) is 0 Å². The summed E-state index contributed by atoms with van der Waals surface area (Å²) in [6.45, 7) is 15.5. The van der Waals surface area contributed by atoms with Gasteiger partial charge in [-0.25, -0.2) is 0 Å². The molecule has 0 unspecified atom stereocenters. The molecule has 0 spiro atoms. The molecule has 0 saturated carbocycles. The van der Waals surface area contributed by atoms with E-state index >= 15 is 0 Å². The number of unbranched alkanes of at least 4 members (excludes halogenated alkanes) is 1. The zero-order chi connectivity index (χ0) is 28.9. The van der Waals surface area contributed by atoms with E-state index in [0.29, 0.717) is 31.9 Å². The Hall–Kier alpha value is -3.16. The van der Waals surface area contributed by atoms with E-state index in [1.54, 1.807) is 11.0 Å². The number of hydrogen-bond acceptors (Lipinski definition) is 6. The number of ketones is 1. The highest BCUT2D eigenvalue weighted by Gasteiger charge is 2.46. The Labute approximate surface area is 238 Å². The van der Waals surface area contributed by atoms with Crippen LogP contribution in [-0.2, 0) is 19.7 Å². The van der Waals surface area contributed by atoms with Crippen molar-refractivity contribution < 1.29 is 24.2 Å². The quantitative estimate of drug-likeness (QED) is 0.180. The fourth-order valence-corrected chi connectivity index (χ4v) is 5.35. The largest absolute Gasteiger partial charge is 0.507 e. The Bertz CT molecular complexity index is 1220. The van der Waals surface area contributed by atoms with E-state index in [9.17, 15) is 14.7 Å². The van der Waals surface area contributed by atoms with Crippen LogP contribution in [0.4, 0.5) is 0 Å².